The Morgan fingerprint density at radius 1 is 1.39 bits per heavy atom. The van der Waals surface area contributed by atoms with Crippen LogP contribution in [0.3, 0.4) is 0 Å². The molecule has 7 heteroatoms. The van der Waals surface area contributed by atoms with Gasteiger partial charge in [0.25, 0.3) is 0 Å². The van der Waals surface area contributed by atoms with E-state index in [-0.39, 0.29) is 5.91 Å². The number of hydrogen-bond donors (Lipinski definition) is 1. The summed E-state index contributed by atoms with van der Waals surface area (Å²) in [5.74, 6) is -0.113. The molecular weight excluding hydrogens is 293 g/mol. The molecule has 94 valence electrons. The zero-order valence-corrected chi connectivity index (χ0v) is 11.5. The van der Waals surface area contributed by atoms with Crippen molar-refractivity contribution in [3.8, 4) is 0 Å². The number of anilines is 1. The molecule has 0 aliphatic carbocycles. The normalized spacial score (nSPS) is 10.3. The second-order valence-corrected chi connectivity index (χ2v) is 5.20. The maximum absolute atomic E-state index is 11.6. The van der Waals surface area contributed by atoms with Gasteiger partial charge in [-0.15, -0.1) is 10.2 Å². The van der Waals surface area contributed by atoms with Gasteiger partial charge in [0, 0.05) is 16.5 Å². The quantitative estimate of drug-likeness (QED) is 0.941. The molecule has 0 unspecified atom stereocenters. The number of halogens is 2. The molecule has 1 amide bonds. The van der Waals surface area contributed by atoms with E-state index < -0.39 is 0 Å². The third kappa shape index (κ3) is 3.66. The molecule has 1 aromatic heterocycles. The third-order valence-corrected chi connectivity index (χ3v) is 3.44. The number of aromatic nitrogens is 2. The van der Waals surface area contributed by atoms with Gasteiger partial charge in [-0.1, -0.05) is 40.6 Å². The van der Waals surface area contributed by atoms with Crippen LogP contribution in [0.15, 0.2) is 23.7 Å². The fraction of sp³-hybridized carbons (Fsp3) is 0.182. The smallest absolute Gasteiger partial charge is 0.226 e. The Balaban J connectivity index is 1.89. The van der Waals surface area contributed by atoms with Crippen LogP contribution < -0.4 is 5.32 Å². The largest absolute Gasteiger partial charge is 0.301 e. The van der Waals surface area contributed by atoms with E-state index >= 15 is 0 Å². The van der Waals surface area contributed by atoms with E-state index in [1.807, 2.05) is 6.07 Å². The minimum Gasteiger partial charge on any atom is -0.301 e. The summed E-state index contributed by atoms with van der Waals surface area (Å²) < 4.78 is 0. The van der Waals surface area contributed by atoms with E-state index in [2.05, 4.69) is 15.5 Å². The van der Waals surface area contributed by atoms with Crippen LogP contribution in [0.5, 0.6) is 0 Å². The lowest BCUT2D eigenvalue weighted by Gasteiger charge is -2.04. The van der Waals surface area contributed by atoms with Crippen molar-refractivity contribution in [2.45, 2.75) is 12.8 Å². The van der Waals surface area contributed by atoms with Crippen molar-refractivity contribution in [2.24, 2.45) is 0 Å². The molecule has 1 heterocycles. The molecule has 0 spiro atoms. The number of aryl methyl sites for hydroxylation is 1. The van der Waals surface area contributed by atoms with Gasteiger partial charge in [0.05, 0.1) is 0 Å². The Bertz CT molecular complexity index is 545. The van der Waals surface area contributed by atoms with Crippen LogP contribution in [0, 0.1) is 0 Å². The minimum absolute atomic E-state index is 0.113. The van der Waals surface area contributed by atoms with Gasteiger partial charge in [0.1, 0.15) is 5.51 Å². The van der Waals surface area contributed by atoms with Crippen LogP contribution in [0.4, 0.5) is 5.13 Å². The van der Waals surface area contributed by atoms with Crippen molar-refractivity contribution in [2.75, 3.05) is 5.32 Å². The third-order valence-electron chi connectivity index (χ3n) is 2.24. The van der Waals surface area contributed by atoms with Gasteiger partial charge in [-0.3, -0.25) is 4.79 Å². The Kier molecular flexibility index (Phi) is 4.52. The summed E-state index contributed by atoms with van der Waals surface area (Å²) in [5.41, 5.74) is 2.46. The van der Waals surface area contributed by atoms with Gasteiger partial charge in [-0.2, -0.15) is 0 Å². The molecule has 0 radical (unpaired) electrons. The van der Waals surface area contributed by atoms with Crippen molar-refractivity contribution >= 4 is 45.6 Å². The number of hydrogen-bond acceptors (Lipinski definition) is 4. The number of carbonyl (C=O) groups excluding carboxylic acids is 1. The monoisotopic (exact) mass is 301 g/mol. The zero-order valence-electron chi connectivity index (χ0n) is 9.19. The number of nitrogens with one attached hydrogen (secondary N) is 1. The SMILES string of the molecule is O=C(CCc1ccc(Cl)cc1Cl)Nc1nncs1. The summed E-state index contributed by atoms with van der Waals surface area (Å²) in [7, 11) is 0. The number of amides is 1. The fourth-order valence-electron chi connectivity index (χ4n) is 1.38. The van der Waals surface area contributed by atoms with Gasteiger partial charge in [-0.25, -0.2) is 0 Å². The van der Waals surface area contributed by atoms with E-state index in [4.69, 9.17) is 23.2 Å². The molecule has 18 heavy (non-hydrogen) atoms. The average molecular weight is 302 g/mol. The molecule has 0 saturated heterocycles. The van der Waals surface area contributed by atoms with Crippen molar-refractivity contribution < 1.29 is 4.79 Å². The van der Waals surface area contributed by atoms with E-state index in [9.17, 15) is 4.79 Å². The standard InChI is InChI=1S/C11H9Cl2N3OS/c12-8-3-1-7(9(13)5-8)2-4-10(17)15-11-16-14-6-18-11/h1,3,5-6H,2,4H2,(H,15,16,17). The van der Waals surface area contributed by atoms with Crippen molar-refractivity contribution in [1.29, 1.82) is 0 Å². The highest BCUT2D eigenvalue weighted by molar-refractivity contribution is 7.13. The fourth-order valence-corrected chi connectivity index (χ4v) is 2.35. The summed E-state index contributed by atoms with van der Waals surface area (Å²) in [6, 6.07) is 5.25. The maximum Gasteiger partial charge on any atom is 0.226 e. The van der Waals surface area contributed by atoms with Crippen LogP contribution in [0.25, 0.3) is 0 Å². The van der Waals surface area contributed by atoms with Crippen LogP contribution >= 0.6 is 34.5 Å². The number of rotatable bonds is 4. The van der Waals surface area contributed by atoms with E-state index in [1.165, 1.54) is 11.3 Å². The molecule has 0 saturated carbocycles. The van der Waals surface area contributed by atoms with Crippen LogP contribution in [0.1, 0.15) is 12.0 Å². The molecule has 0 aliphatic heterocycles. The maximum atomic E-state index is 11.6. The molecule has 1 N–H and O–H groups in total. The van der Waals surface area contributed by atoms with E-state index in [1.54, 1.807) is 17.6 Å². The van der Waals surface area contributed by atoms with Gasteiger partial charge in [0.2, 0.25) is 11.0 Å². The topological polar surface area (TPSA) is 54.9 Å². The van der Waals surface area contributed by atoms with Crippen LogP contribution in [0.2, 0.25) is 10.0 Å². The molecule has 0 aliphatic rings. The number of carbonyl (C=O) groups is 1. The summed E-state index contributed by atoms with van der Waals surface area (Å²) >= 11 is 13.1. The summed E-state index contributed by atoms with van der Waals surface area (Å²) in [5, 5.41) is 11.7. The lowest BCUT2D eigenvalue weighted by molar-refractivity contribution is -0.116. The van der Waals surface area contributed by atoms with Crippen LogP contribution in [-0.4, -0.2) is 16.1 Å². The summed E-state index contributed by atoms with van der Waals surface area (Å²) in [6.45, 7) is 0. The van der Waals surface area contributed by atoms with Crippen molar-refractivity contribution in [3.05, 3.63) is 39.3 Å². The molecular formula is C11H9Cl2N3OS. The zero-order chi connectivity index (χ0) is 13.0. The van der Waals surface area contributed by atoms with Crippen molar-refractivity contribution in [3.63, 3.8) is 0 Å². The first-order chi connectivity index (χ1) is 8.65. The molecule has 1 aromatic carbocycles. The predicted octanol–water partition coefficient (Wildman–Crippen LogP) is 3.42. The van der Waals surface area contributed by atoms with Gasteiger partial charge in [-0.05, 0) is 24.1 Å². The van der Waals surface area contributed by atoms with Gasteiger partial charge < -0.3 is 5.32 Å². The first kappa shape index (κ1) is 13.3. The van der Waals surface area contributed by atoms with E-state index in [0.717, 1.165) is 5.56 Å². The first-order valence-corrected chi connectivity index (χ1v) is 6.78. The lowest BCUT2D eigenvalue weighted by atomic mass is 10.1. The van der Waals surface area contributed by atoms with Crippen LogP contribution in [-0.2, 0) is 11.2 Å². The predicted molar refractivity (Wildman–Crippen MR) is 73.3 cm³/mol. The number of nitrogens with zero attached hydrogens (tertiary/aromatic N) is 2. The average Bonchev–Trinajstić information content (AvgIpc) is 2.80. The molecule has 0 fully saturated rings. The molecule has 2 aromatic rings. The Labute approximate surface area is 118 Å². The number of benzene rings is 1. The Hall–Kier alpha value is -1.17. The van der Waals surface area contributed by atoms with Gasteiger partial charge >= 0.3 is 0 Å². The highest BCUT2D eigenvalue weighted by Gasteiger charge is 2.07. The highest BCUT2D eigenvalue weighted by Crippen LogP contribution is 2.22. The lowest BCUT2D eigenvalue weighted by Crippen LogP contribution is -2.12. The molecule has 2 rings (SSSR count). The van der Waals surface area contributed by atoms with Crippen molar-refractivity contribution in [1.82, 2.24) is 10.2 Å². The second kappa shape index (κ2) is 6.13. The molecule has 4 nitrogen and oxygen atoms in total. The Morgan fingerprint density at radius 2 is 2.22 bits per heavy atom. The summed E-state index contributed by atoms with van der Waals surface area (Å²) in [6.07, 6.45) is 0.890. The molecule has 0 bridgehead atoms. The van der Waals surface area contributed by atoms with E-state index in [0.29, 0.717) is 28.0 Å². The highest BCUT2D eigenvalue weighted by atomic mass is 35.5. The first-order valence-electron chi connectivity index (χ1n) is 5.15. The summed E-state index contributed by atoms with van der Waals surface area (Å²) in [4.78, 5) is 11.6. The minimum atomic E-state index is -0.113. The Morgan fingerprint density at radius 3 is 2.89 bits per heavy atom. The molecule has 0 atom stereocenters. The second-order valence-electron chi connectivity index (χ2n) is 3.53. The van der Waals surface area contributed by atoms with Gasteiger partial charge in [0.15, 0.2) is 0 Å².